The number of nitrogens with one attached hydrogen (secondary N) is 1. The number of methoxy groups -OCH3 is 2. The summed E-state index contributed by atoms with van der Waals surface area (Å²) < 4.78 is 23.9. The predicted octanol–water partition coefficient (Wildman–Crippen LogP) is 1.62. The topological polar surface area (TPSA) is 33.7 Å². The molecular weight excluding hydrogens is 247 g/mol. The fourth-order valence-electron chi connectivity index (χ4n) is 2.41. The Balaban J connectivity index is 2.25. The highest BCUT2D eigenvalue weighted by molar-refractivity contribution is 5.40. The molecule has 106 valence electrons. The van der Waals surface area contributed by atoms with Gasteiger partial charge in [0.25, 0.3) is 0 Å². The summed E-state index contributed by atoms with van der Waals surface area (Å²) in [4.78, 5) is 2.16. The van der Waals surface area contributed by atoms with Gasteiger partial charge < -0.3 is 14.8 Å². The molecule has 4 nitrogen and oxygen atoms in total. The zero-order chi connectivity index (χ0) is 13.7. The highest BCUT2D eigenvalue weighted by Crippen LogP contribution is 2.30. The predicted molar refractivity (Wildman–Crippen MR) is 72.7 cm³/mol. The second-order valence-electron chi connectivity index (χ2n) is 4.60. The Morgan fingerprint density at radius 3 is 2.21 bits per heavy atom. The summed E-state index contributed by atoms with van der Waals surface area (Å²) in [6, 6.07) is 5.34. The normalized spacial score (nSPS) is 18.1. The zero-order valence-electron chi connectivity index (χ0n) is 11.5. The van der Waals surface area contributed by atoms with Gasteiger partial charge in [0, 0.05) is 32.2 Å². The first-order chi connectivity index (χ1) is 9.28. The molecule has 0 radical (unpaired) electrons. The average molecular weight is 268 g/mol. The lowest BCUT2D eigenvalue weighted by molar-refractivity contribution is 0.147. The van der Waals surface area contributed by atoms with E-state index >= 15 is 0 Å². The summed E-state index contributed by atoms with van der Waals surface area (Å²) in [5.41, 5.74) is 0.903. The molecule has 1 aliphatic heterocycles. The van der Waals surface area contributed by atoms with Crippen LogP contribution in [0, 0.1) is 0 Å². The van der Waals surface area contributed by atoms with Crippen LogP contribution in [0.5, 0.6) is 11.5 Å². The number of hydrogen-bond donors (Lipinski definition) is 1. The van der Waals surface area contributed by atoms with Crippen molar-refractivity contribution in [3.8, 4) is 11.5 Å². The van der Waals surface area contributed by atoms with Crippen LogP contribution < -0.4 is 14.8 Å². The fourth-order valence-corrected chi connectivity index (χ4v) is 2.41. The van der Waals surface area contributed by atoms with Gasteiger partial charge in [-0.15, -0.1) is 0 Å². The molecule has 0 aliphatic carbocycles. The summed E-state index contributed by atoms with van der Waals surface area (Å²) in [6.07, 6.45) is 0. The SMILES string of the molecule is COc1cc(OC)cc([C@H](CF)N2CCNCC2)c1. The van der Waals surface area contributed by atoms with Crippen molar-refractivity contribution in [1.82, 2.24) is 10.2 Å². The molecule has 1 N–H and O–H groups in total. The van der Waals surface area contributed by atoms with Crippen LogP contribution in [0.4, 0.5) is 4.39 Å². The Morgan fingerprint density at radius 2 is 1.74 bits per heavy atom. The molecule has 1 saturated heterocycles. The average Bonchev–Trinajstić information content (AvgIpc) is 2.48. The quantitative estimate of drug-likeness (QED) is 0.880. The van der Waals surface area contributed by atoms with E-state index in [1.807, 2.05) is 12.1 Å². The number of piperazine rings is 1. The minimum Gasteiger partial charge on any atom is -0.497 e. The van der Waals surface area contributed by atoms with Gasteiger partial charge in [-0.25, -0.2) is 4.39 Å². The second kappa shape index (κ2) is 6.73. The molecule has 1 heterocycles. The van der Waals surface area contributed by atoms with E-state index in [0.717, 1.165) is 31.7 Å². The Kier molecular flexibility index (Phi) is 4.99. The van der Waals surface area contributed by atoms with E-state index in [2.05, 4.69) is 10.2 Å². The molecule has 2 rings (SSSR count). The molecule has 1 fully saturated rings. The number of nitrogens with zero attached hydrogens (tertiary/aromatic N) is 1. The summed E-state index contributed by atoms with van der Waals surface area (Å²) in [7, 11) is 3.21. The third-order valence-corrected chi connectivity index (χ3v) is 3.50. The van der Waals surface area contributed by atoms with Crippen LogP contribution in [-0.4, -0.2) is 52.0 Å². The van der Waals surface area contributed by atoms with Crippen LogP contribution in [0.15, 0.2) is 18.2 Å². The summed E-state index contributed by atoms with van der Waals surface area (Å²) in [5, 5.41) is 3.28. The summed E-state index contributed by atoms with van der Waals surface area (Å²) in [5.74, 6) is 1.39. The van der Waals surface area contributed by atoms with Crippen molar-refractivity contribution in [2.24, 2.45) is 0 Å². The maximum atomic E-state index is 13.5. The van der Waals surface area contributed by atoms with Crippen LogP contribution in [0.25, 0.3) is 0 Å². The van der Waals surface area contributed by atoms with E-state index in [1.54, 1.807) is 20.3 Å². The fraction of sp³-hybridized carbons (Fsp3) is 0.571. The number of ether oxygens (including phenoxy) is 2. The molecule has 1 aromatic rings. The first-order valence-corrected chi connectivity index (χ1v) is 6.52. The van der Waals surface area contributed by atoms with E-state index in [9.17, 15) is 4.39 Å². The van der Waals surface area contributed by atoms with E-state index in [0.29, 0.717) is 11.5 Å². The van der Waals surface area contributed by atoms with Crippen molar-refractivity contribution < 1.29 is 13.9 Å². The summed E-state index contributed by atoms with van der Waals surface area (Å²) in [6.45, 7) is 3.10. The Hall–Kier alpha value is -1.33. The van der Waals surface area contributed by atoms with Crippen LogP contribution >= 0.6 is 0 Å². The third kappa shape index (κ3) is 3.36. The molecule has 5 heteroatoms. The smallest absolute Gasteiger partial charge is 0.122 e. The van der Waals surface area contributed by atoms with Gasteiger partial charge in [0.1, 0.15) is 18.2 Å². The van der Waals surface area contributed by atoms with Crippen molar-refractivity contribution in [2.45, 2.75) is 6.04 Å². The number of rotatable bonds is 5. The van der Waals surface area contributed by atoms with Gasteiger partial charge in [-0.3, -0.25) is 4.90 Å². The molecule has 19 heavy (non-hydrogen) atoms. The van der Waals surface area contributed by atoms with Gasteiger partial charge in [-0.05, 0) is 17.7 Å². The van der Waals surface area contributed by atoms with Gasteiger partial charge in [-0.2, -0.15) is 0 Å². The Bertz CT molecular complexity index is 386. The van der Waals surface area contributed by atoms with E-state index in [4.69, 9.17) is 9.47 Å². The number of halogens is 1. The Labute approximate surface area is 113 Å². The molecule has 0 spiro atoms. The van der Waals surface area contributed by atoms with E-state index in [-0.39, 0.29) is 6.04 Å². The van der Waals surface area contributed by atoms with Gasteiger partial charge >= 0.3 is 0 Å². The first-order valence-electron chi connectivity index (χ1n) is 6.52. The van der Waals surface area contributed by atoms with Crippen LogP contribution in [0.2, 0.25) is 0 Å². The zero-order valence-corrected chi connectivity index (χ0v) is 11.5. The lowest BCUT2D eigenvalue weighted by Crippen LogP contribution is -2.45. The molecule has 1 aliphatic rings. The minimum absolute atomic E-state index is 0.230. The molecule has 1 aromatic carbocycles. The summed E-state index contributed by atoms with van der Waals surface area (Å²) >= 11 is 0. The molecular formula is C14H21FN2O2. The molecule has 0 aromatic heterocycles. The molecule has 0 unspecified atom stereocenters. The molecule has 0 bridgehead atoms. The van der Waals surface area contributed by atoms with Gasteiger partial charge in [0.2, 0.25) is 0 Å². The van der Waals surface area contributed by atoms with Gasteiger partial charge in [0.15, 0.2) is 0 Å². The third-order valence-electron chi connectivity index (χ3n) is 3.50. The maximum absolute atomic E-state index is 13.5. The molecule has 0 saturated carbocycles. The van der Waals surface area contributed by atoms with Crippen molar-refractivity contribution >= 4 is 0 Å². The van der Waals surface area contributed by atoms with Gasteiger partial charge in [-0.1, -0.05) is 0 Å². The second-order valence-corrected chi connectivity index (χ2v) is 4.60. The van der Waals surface area contributed by atoms with Crippen molar-refractivity contribution in [1.29, 1.82) is 0 Å². The van der Waals surface area contributed by atoms with Crippen molar-refractivity contribution in [3.63, 3.8) is 0 Å². The monoisotopic (exact) mass is 268 g/mol. The number of benzene rings is 1. The largest absolute Gasteiger partial charge is 0.497 e. The maximum Gasteiger partial charge on any atom is 0.122 e. The van der Waals surface area contributed by atoms with Crippen LogP contribution in [-0.2, 0) is 0 Å². The highest BCUT2D eigenvalue weighted by Gasteiger charge is 2.23. The van der Waals surface area contributed by atoms with Crippen molar-refractivity contribution in [2.75, 3.05) is 47.1 Å². The standard InChI is InChI=1S/C14H21FN2O2/c1-18-12-7-11(8-13(9-12)19-2)14(10-15)17-5-3-16-4-6-17/h7-9,14,16H,3-6,10H2,1-2H3/t14-/m0/s1. The van der Waals surface area contributed by atoms with E-state index < -0.39 is 6.67 Å². The molecule has 1 atom stereocenters. The minimum atomic E-state index is -0.406. The van der Waals surface area contributed by atoms with Crippen molar-refractivity contribution in [3.05, 3.63) is 23.8 Å². The highest BCUT2D eigenvalue weighted by atomic mass is 19.1. The lowest BCUT2D eigenvalue weighted by atomic mass is 10.0. The molecule has 0 amide bonds. The van der Waals surface area contributed by atoms with Crippen LogP contribution in [0.3, 0.4) is 0 Å². The first kappa shape index (κ1) is 14.1. The number of alkyl halides is 1. The van der Waals surface area contributed by atoms with Crippen LogP contribution in [0.1, 0.15) is 11.6 Å². The van der Waals surface area contributed by atoms with Gasteiger partial charge in [0.05, 0.1) is 20.3 Å². The number of hydrogen-bond acceptors (Lipinski definition) is 4. The Morgan fingerprint density at radius 1 is 1.16 bits per heavy atom. The van der Waals surface area contributed by atoms with E-state index in [1.165, 1.54) is 0 Å². The lowest BCUT2D eigenvalue weighted by Gasteiger charge is -2.33.